The van der Waals surface area contributed by atoms with Crippen LogP contribution in [0, 0.1) is 0 Å². The van der Waals surface area contributed by atoms with E-state index in [1.807, 2.05) is 0 Å². The number of benzene rings is 3. The normalized spacial score (nSPS) is 13.5. The minimum Gasteiger partial charge on any atom is -0.493 e. The van der Waals surface area contributed by atoms with Gasteiger partial charge in [0.25, 0.3) is 0 Å². The highest BCUT2D eigenvalue weighted by Crippen LogP contribution is 2.52. The van der Waals surface area contributed by atoms with Crippen LogP contribution >= 0.6 is 0 Å². The molecule has 0 aliphatic heterocycles. The van der Waals surface area contributed by atoms with Crippen molar-refractivity contribution in [1.29, 1.82) is 0 Å². The number of methoxy groups -OCH3 is 2. The Morgan fingerprint density at radius 2 is 1.14 bits per heavy atom. The first-order chi connectivity index (χ1) is 10.8. The summed E-state index contributed by atoms with van der Waals surface area (Å²) in [4.78, 5) is 0. The fourth-order valence-electron chi connectivity index (χ4n) is 4.10. The fourth-order valence-corrected chi connectivity index (χ4v) is 4.10. The first kappa shape index (κ1) is 12.1. The Labute approximate surface area is 129 Å². The highest BCUT2D eigenvalue weighted by atomic mass is 16.5. The van der Waals surface area contributed by atoms with Gasteiger partial charge in [0.1, 0.15) is 0 Å². The predicted molar refractivity (Wildman–Crippen MR) is 88.9 cm³/mol. The van der Waals surface area contributed by atoms with Gasteiger partial charge in [-0.2, -0.15) is 0 Å². The van der Waals surface area contributed by atoms with E-state index in [4.69, 9.17) is 9.47 Å². The second kappa shape index (κ2) is 4.04. The van der Waals surface area contributed by atoms with Gasteiger partial charge in [-0.3, -0.25) is 0 Å². The van der Waals surface area contributed by atoms with E-state index in [-0.39, 0.29) is 0 Å². The van der Waals surface area contributed by atoms with Crippen LogP contribution in [-0.4, -0.2) is 14.2 Å². The average Bonchev–Trinajstić information content (AvgIpc) is 3.11. The van der Waals surface area contributed by atoms with Gasteiger partial charge in [-0.1, -0.05) is 24.3 Å². The molecule has 0 unspecified atom stereocenters. The van der Waals surface area contributed by atoms with E-state index < -0.39 is 0 Å². The quantitative estimate of drug-likeness (QED) is 0.536. The van der Waals surface area contributed by atoms with Crippen molar-refractivity contribution in [3.8, 4) is 33.8 Å². The molecule has 0 spiro atoms. The molecular formula is C20H16O2. The van der Waals surface area contributed by atoms with Crippen LogP contribution in [0.25, 0.3) is 33.0 Å². The summed E-state index contributed by atoms with van der Waals surface area (Å²) < 4.78 is 11.0. The van der Waals surface area contributed by atoms with Gasteiger partial charge in [-0.05, 0) is 69.1 Å². The van der Waals surface area contributed by atoms with Crippen molar-refractivity contribution in [2.75, 3.05) is 14.2 Å². The molecule has 3 aromatic rings. The van der Waals surface area contributed by atoms with Crippen molar-refractivity contribution < 1.29 is 9.47 Å². The Morgan fingerprint density at radius 1 is 0.636 bits per heavy atom. The molecule has 3 aromatic carbocycles. The summed E-state index contributed by atoms with van der Waals surface area (Å²) in [5.41, 5.74) is 8.14. The summed E-state index contributed by atoms with van der Waals surface area (Å²) in [6.07, 6.45) is 2.33. The zero-order valence-electron chi connectivity index (χ0n) is 12.7. The van der Waals surface area contributed by atoms with Crippen LogP contribution in [0.1, 0.15) is 11.1 Å². The molecule has 2 heteroatoms. The predicted octanol–water partition coefficient (Wildman–Crippen LogP) is 4.60. The standard InChI is InChI=1S/C20H16O2/c1-21-17-9-15-13-7-5-11-3-4-12-6-8-14(20(13)19(11)12)16(15)10-18(17)22-2/h5-10H,3-4H2,1-2H3. The molecule has 0 aromatic heterocycles. The fraction of sp³-hybridized carbons (Fsp3) is 0.200. The van der Waals surface area contributed by atoms with Crippen LogP contribution in [-0.2, 0) is 12.8 Å². The van der Waals surface area contributed by atoms with Crippen LogP contribution in [0.3, 0.4) is 0 Å². The lowest BCUT2D eigenvalue weighted by atomic mass is 9.99. The largest absolute Gasteiger partial charge is 0.493 e. The smallest absolute Gasteiger partial charge is 0.161 e. The number of hydrogen-bond donors (Lipinski definition) is 0. The number of rotatable bonds is 2. The molecule has 0 bridgehead atoms. The molecule has 0 atom stereocenters. The van der Waals surface area contributed by atoms with Crippen molar-refractivity contribution in [2.24, 2.45) is 0 Å². The van der Waals surface area contributed by atoms with Gasteiger partial charge >= 0.3 is 0 Å². The van der Waals surface area contributed by atoms with Gasteiger partial charge in [-0.15, -0.1) is 0 Å². The van der Waals surface area contributed by atoms with Crippen LogP contribution in [0.2, 0.25) is 0 Å². The van der Waals surface area contributed by atoms with Crippen molar-refractivity contribution in [3.63, 3.8) is 0 Å². The molecule has 2 nitrogen and oxygen atoms in total. The third-order valence-corrected chi connectivity index (χ3v) is 5.10. The van der Waals surface area contributed by atoms with Crippen LogP contribution in [0.5, 0.6) is 11.5 Å². The van der Waals surface area contributed by atoms with Gasteiger partial charge < -0.3 is 9.47 Å². The minimum atomic E-state index is 0.793. The number of fused-ring (bicyclic) bond motifs is 3. The Balaban J connectivity index is 1.93. The van der Waals surface area contributed by atoms with Crippen LogP contribution in [0.4, 0.5) is 0 Å². The number of hydrogen-bond acceptors (Lipinski definition) is 2. The molecule has 108 valence electrons. The Hall–Kier alpha value is -2.48. The molecule has 0 fully saturated rings. The number of ether oxygens (including phenoxy) is 2. The molecule has 2 aliphatic carbocycles. The molecule has 2 aliphatic rings. The average molecular weight is 288 g/mol. The van der Waals surface area contributed by atoms with E-state index in [1.165, 1.54) is 57.0 Å². The summed E-state index contributed by atoms with van der Waals surface area (Å²) in [5, 5.41) is 2.89. The Kier molecular flexibility index (Phi) is 2.22. The second-order valence-electron chi connectivity index (χ2n) is 6.05. The minimum absolute atomic E-state index is 0.793. The third-order valence-electron chi connectivity index (χ3n) is 5.10. The summed E-state index contributed by atoms with van der Waals surface area (Å²) in [7, 11) is 3.38. The molecule has 0 saturated heterocycles. The molecule has 0 heterocycles. The van der Waals surface area contributed by atoms with Gasteiger partial charge in [0.2, 0.25) is 0 Å². The molecule has 5 rings (SSSR count). The van der Waals surface area contributed by atoms with Crippen molar-refractivity contribution in [1.82, 2.24) is 0 Å². The van der Waals surface area contributed by atoms with Gasteiger partial charge in [0.15, 0.2) is 11.5 Å². The van der Waals surface area contributed by atoms with E-state index in [0.29, 0.717) is 0 Å². The first-order valence-corrected chi connectivity index (χ1v) is 7.66. The van der Waals surface area contributed by atoms with E-state index in [2.05, 4.69) is 36.4 Å². The van der Waals surface area contributed by atoms with Gasteiger partial charge in [0, 0.05) is 0 Å². The third kappa shape index (κ3) is 1.31. The summed E-state index contributed by atoms with van der Waals surface area (Å²) in [6.45, 7) is 0. The van der Waals surface area contributed by atoms with E-state index in [1.54, 1.807) is 14.2 Å². The maximum atomic E-state index is 5.49. The molecule has 0 saturated carbocycles. The Morgan fingerprint density at radius 3 is 1.59 bits per heavy atom. The maximum Gasteiger partial charge on any atom is 0.161 e. The monoisotopic (exact) mass is 288 g/mol. The SMILES string of the molecule is COc1cc2c(cc1OC)-c1ccc3c4c(ccc-2c14)CC3. The van der Waals surface area contributed by atoms with E-state index in [0.717, 1.165) is 11.5 Å². The van der Waals surface area contributed by atoms with Crippen molar-refractivity contribution in [3.05, 3.63) is 47.5 Å². The van der Waals surface area contributed by atoms with Gasteiger partial charge in [-0.25, -0.2) is 0 Å². The molecular weight excluding hydrogens is 272 g/mol. The van der Waals surface area contributed by atoms with Crippen LogP contribution < -0.4 is 9.47 Å². The molecule has 0 N–H and O–H groups in total. The first-order valence-electron chi connectivity index (χ1n) is 7.66. The molecule has 22 heavy (non-hydrogen) atoms. The molecule has 0 radical (unpaired) electrons. The van der Waals surface area contributed by atoms with Crippen molar-refractivity contribution in [2.45, 2.75) is 12.8 Å². The van der Waals surface area contributed by atoms with Crippen LogP contribution in [0.15, 0.2) is 36.4 Å². The van der Waals surface area contributed by atoms with E-state index in [9.17, 15) is 0 Å². The summed E-state index contributed by atoms with van der Waals surface area (Å²) in [6, 6.07) is 13.4. The lowest BCUT2D eigenvalue weighted by molar-refractivity contribution is 0.355. The van der Waals surface area contributed by atoms with Gasteiger partial charge in [0.05, 0.1) is 14.2 Å². The topological polar surface area (TPSA) is 18.5 Å². The lowest BCUT2D eigenvalue weighted by Gasteiger charge is -2.11. The second-order valence-corrected chi connectivity index (χ2v) is 6.05. The lowest BCUT2D eigenvalue weighted by Crippen LogP contribution is -1.91. The summed E-state index contributed by atoms with van der Waals surface area (Å²) in [5.74, 6) is 1.59. The van der Waals surface area contributed by atoms with E-state index >= 15 is 0 Å². The summed E-state index contributed by atoms with van der Waals surface area (Å²) >= 11 is 0. The zero-order valence-corrected chi connectivity index (χ0v) is 12.7. The molecule has 0 amide bonds. The maximum absolute atomic E-state index is 5.49. The number of aryl methyl sites for hydroxylation is 2. The Bertz CT molecular complexity index is 880. The highest BCUT2D eigenvalue weighted by molar-refractivity contribution is 6.17. The zero-order chi connectivity index (χ0) is 14.8. The highest BCUT2D eigenvalue weighted by Gasteiger charge is 2.27. The van der Waals surface area contributed by atoms with Crippen molar-refractivity contribution >= 4 is 10.8 Å².